The van der Waals surface area contributed by atoms with Crippen LogP contribution in [0.2, 0.25) is 0 Å². The van der Waals surface area contributed by atoms with E-state index in [-0.39, 0.29) is 11.8 Å². The molecule has 0 aliphatic carbocycles. The van der Waals surface area contributed by atoms with Crippen LogP contribution in [0, 0.1) is 5.92 Å². The van der Waals surface area contributed by atoms with Crippen molar-refractivity contribution in [3.8, 4) is 11.3 Å². The van der Waals surface area contributed by atoms with Crippen molar-refractivity contribution in [3.05, 3.63) is 36.5 Å². The molecule has 0 bridgehead atoms. The fourth-order valence-corrected chi connectivity index (χ4v) is 2.02. The number of aromatic amines is 1. The Hall–Kier alpha value is -2.14. The molecule has 1 atom stereocenters. The van der Waals surface area contributed by atoms with Crippen molar-refractivity contribution < 1.29 is 9.53 Å². The topological polar surface area (TPSA) is 67.0 Å². The van der Waals surface area contributed by atoms with Crippen molar-refractivity contribution in [2.45, 2.75) is 13.3 Å². The number of carbonyl (C=O) groups excluding carboxylic acids is 1. The van der Waals surface area contributed by atoms with Crippen molar-refractivity contribution in [2.75, 3.05) is 19.0 Å². The third kappa shape index (κ3) is 3.93. The van der Waals surface area contributed by atoms with Gasteiger partial charge in [-0.2, -0.15) is 5.10 Å². The van der Waals surface area contributed by atoms with Crippen molar-refractivity contribution in [1.29, 1.82) is 0 Å². The zero-order valence-electron chi connectivity index (χ0n) is 11.7. The van der Waals surface area contributed by atoms with Gasteiger partial charge in [-0.25, -0.2) is 0 Å². The summed E-state index contributed by atoms with van der Waals surface area (Å²) in [5, 5.41) is 9.70. The molecule has 0 radical (unpaired) electrons. The summed E-state index contributed by atoms with van der Waals surface area (Å²) in [5.41, 5.74) is 2.78. The summed E-state index contributed by atoms with van der Waals surface area (Å²) in [5.74, 6) is 0.216. The Morgan fingerprint density at radius 2 is 2.10 bits per heavy atom. The molecule has 0 aliphatic rings. The van der Waals surface area contributed by atoms with Gasteiger partial charge in [0.2, 0.25) is 5.91 Å². The summed E-state index contributed by atoms with van der Waals surface area (Å²) in [6, 6.07) is 9.56. The van der Waals surface area contributed by atoms with E-state index in [1.54, 1.807) is 13.3 Å². The summed E-state index contributed by atoms with van der Waals surface area (Å²) >= 11 is 0. The van der Waals surface area contributed by atoms with Crippen molar-refractivity contribution >= 4 is 11.6 Å². The highest BCUT2D eigenvalue weighted by Crippen LogP contribution is 2.19. The number of ether oxygens (including phenoxy) is 1. The number of methoxy groups -OCH3 is 1. The monoisotopic (exact) mass is 273 g/mol. The van der Waals surface area contributed by atoms with Crippen LogP contribution in [0.25, 0.3) is 11.3 Å². The molecule has 5 heteroatoms. The molecule has 1 aromatic heterocycles. The van der Waals surface area contributed by atoms with E-state index in [0.29, 0.717) is 13.0 Å². The number of nitrogens with one attached hydrogen (secondary N) is 2. The first-order valence-corrected chi connectivity index (χ1v) is 6.57. The molecule has 0 aliphatic heterocycles. The van der Waals surface area contributed by atoms with Gasteiger partial charge in [0.05, 0.1) is 5.69 Å². The average Bonchev–Trinajstić information content (AvgIpc) is 2.93. The smallest absolute Gasteiger partial charge is 0.224 e. The lowest BCUT2D eigenvalue weighted by atomic mass is 10.1. The maximum absolute atomic E-state index is 11.8. The minimum Gasteiger partial charge on any atom is -0.384 e. The van der Waals surface area contributed by atoms with Gasteiger partial charge in [0.1, 0.15) is 0 Å². The summed E-state index contributed by atoms with van der Waals surface area (Å²) in [6.07, 6.45) is 2.17. The first-order chi connectivity index (χ1) is 9.69. The quantitative estimate of drug-likeness (QED) is 0.850. The number of rotatable bonds is 6. The van der Waals surface area contributed by atoms with Gasteiger partial charge in [-0.1, -0.05) is 19.1 Å². The molecular formula is C15H19N3O2. The molecule has 0 spiro atoms. The van der Waals surface area contributed by atoms with Gasteiger partial charge < -0.3 is 10.1 Å². The van der Waals surface area contributed by atoms with E-state index >= 15 is 0 Å². The normalized spacial score (nSPS) is 12.1. The molecular weight excluding hydrogens is 254 g/mol. The lowest BCUT2D eigenvalue weighted by molar-refractivity contribution is -0.117. The number of amides is 1. The fraction of sp³-hybridized carbons (Fsp3) is 0.333. The number of benzene rings is 1. The lowest BCUT2D eigenvalue weighted by Crippen LogP contribution is -2.17. The van der Waals surface area contributed by atoms with Crippen molar-refractivity contribution in [1.82, 2.24) is 10.2 Å². The van der Waals surface area contributed by atoms with Gasteiger partial charge in [0, 0.05) is 32.0 Å². The summed E-state index contributed by atoms with van der Waals surface area (Å²) in [7, 11) is 1.64. The predicted octanol–water partition coefficient (Wildman–Crippen LogP) is 2.69. The standard InChI is InChI=1S/C15H19N3O2/c1-11(10-20-2)9-15(19)17-13-5-3-12(4-6-13)14-7-8-16-18-14/h3-8,11H,9-10H2,1-2H3,(H,16,18)(H,17,19). The third-order valence-corrected chi connectivity index (χ3v) is 2.97. The van der Waals surface area contributed by atoms with E-state index < -0.39 is 0 Å². The second-order valence-corrected chi connectivity index (χ2v) is 4.86. The summed E-state index contributed by atoms with van der Waals surface area (Å²) < 4.78 is 5.02. The summed E-state index contributed by atoms with van der Waals surface area (Å²) in [6.45, 7) is 2.58. The number of hydrogen-bond donors (Lipinski definition) is 2. The first-order valence-electron chi connectivity index (χ1n) is 6.57. The van der Waals surface area contributed by atoms with Gasteiger partial charge in [-0.3, -0.25) is 9.89 Å². The number of hydrogen-bond acceptors (Lipinski definition) is 3. The molecule has 2 aromatic rings. The van der Waals surface area contributed by atoms with Gasteiger partial charge >= 0.3 is 0 Å². The minimum atomic E-state index is 0.00356. The molecule has 1 unspecified atom stereocenters. The van der Waals surface area contributed by atoms with Crippen LogP contribution in [-0.4, -0.2) is 29.8 Å². The zero-order chi connectivity index (χ0) is 14.4. The Balaban J connectivity index is 1.92. The largest absolute Gasteiger partial charge is 0.384 e. The zero-order valence-corrected chi connectivity index (χ0v) is 11.7. The molecule has 5 nitrogen and oxygen atoms in total. The van der Waals surface area contributed by atoms with Crippen LogP contribution in [0.1, 0.15) is 13.3 Å². The highest BCUT2D eigenvalue weighted by molar-refractivity contribution is 5.91. The van der Waals surface area contributed by atoms with E-state index in [1.165, 1.54) is 0 Å². The van der Waals surface area contributed by atoms with Crippen LogP contribution >= 0.6 is 0 Å². The van der Waals surface area contributed by atoms with Crippen LogP contribution in [0.5, 0.6) is 0 Å². The highest BCUT2D eigenvalue weighted by Gasteiger charge is 2.09. The van der Waals surface area contributed by atoms with Crippen molar-refractivity contribution in [3.63, 3.8) is 0 Å². The maximum Gasteiger partial charge on any atom is 0.224 e. The molecule has 0 fully saturated rings. The Bertz CT molecular complexity index is 535. The second-order valence-electron chi connectivity index (χ2n) is 4.86. The van der Waals surface area contributed by atoms with Crippen LogP contribution < -0.4 is 5.32 Å². The molecule has 1 amide bonds. The highest BCUT2D eigenvalue weighted by atomic mass is 16.5. The Morgan fingerprint density at radius 3 is 2.70 bits per heavy atom. The lowest BCUT2D eigenvalue weighted by Gasteiger charge is -2.10. The van der Waals surface area contributed by atoms with Gasteiger partial charge in [0.25, 0.3) is 0 Å². The summed E-state index contributed by atoms with van der Waals surface area (Å²) in [4.78, 5) is 11.8. The average molecular weight is 273 g/mol. The van der Waals surface area contributed by atoms with Crippen LogP contribution in [0.4, 0.5) is 5.69 Å². The van der Waals surface area contributed by atoms with E-state index in [2.05, 4.69) is 15.5 Å². The van der Waals surface area contributed by atoms with Crippen molar-refractivity contribution in [2.24, 2.45) is 5.92 Å². The van der Waals surface area contributed by atoms with Gasteiger partial charge in [-0.05, 0) is 29.7 Å². The van der Waals surface area contributed by atoms with Crippen LogP contribution in [0.15, 0.2) is 36.5 Å². The molecule has 2 N–H and O–H groups in total. The number of nitrogens with zero attached hydrogens (tertiary/aromatic N) is 1. The fourth-order valence-electron chi connectivity index (χ4n) is 2.02. The molecule has 1 aromatic carbocycles. The number of anilines is 1. The number of aromatic nitrogens is 2. The maximum atomic E-state index is 11.8. The van der Waals surface area contributed by atoms with Crippen LogP contribution in [0.3, 0.4) is 0 Å². The molecule has 1 heterocycles. The first kappa shape index (κ1) is 14.3. The van der Waals surface area contributed by atoms with E-state index in [4.69, 9.17) is 4.74 Å². The molecule has 106 valence electrons. The Kier molecular flexibility index (Phi) is 4.90. The predicted molar refractivity (Wildman–Crippen MR) is 78.3 cm³/mol. The second kappa shape index (κ2) is 6.86. The van der Waals surface area contributed by atoms with Crippen LogP contribution in [-0.2, 0) is 9.53 Å². The van der Waals surface area contributed by atoms with Gasteiger partial charge in [-0.15, -0.1) is 0 Å². The SMILES string of the molecule is COCC(C)CC(=O)Nc1ccc(-c2ccn[nH]2)cc1. The van der Waals surface area contributed by atoms with Gasteiger partial charge in [0.15, 0.2) is 0 Å². The van der Waals surface area contributed by atoms with E-state index in [0.717, 1.165) is 16.9 Å². The molecule has 20 heavy (non-hydrogen) atoms. The van der Waals surface area contributed by atoms with E-state index in [9.17, 15) is 4.79 Å². The Labute approximate surface area is 118 Å². The molecule has 0 saturated carbocycles. The minimum absolute atomic E-state index is 0.00356. The molecule has 2 rings (SSSR count). The Morgan fingerprint density at radius 1 is 1.35 bits per heavy atom. The number of H-pyrrole nitrogens is 1. The van der Waals surface area contributed by atoms with E-state index in [1.807, 2.05) is 37.3 Å². The third-order valence-electron chi connectivity index (χ3n) is 2.97. The number of carbonyl (C=O) groups is 1. The molecule has 0 saturated heterocycles.